The van der Waals surface area contributed by atoms with Crippen molar-refractivity contribution in [2.24, 2.45) is 7.05 Å². The smallest absolute Gasteiger partial charge is 0.191 e. The van der Waals surface area contributed by atoms with Crippen LogP contribution >= 0.6 is 11.8 Å². The molecule has 1 heterocycles. The molecule has 0 saturated carbocycles. The lowest BCUT2D eigenvalue weighted by molar-refractivity contribution is 0.266. The standard InChI is InChI=1S/C13H17N3O2S/c1-10-4-3-5-11(8-10)18-6-7-19-13-15-14-12(9-17)16(13)2/h3-5,8,17H,6-7,9H2,1-2H3. The number of aryl methyl sites for hydroxylation is 1. The molecular weight excluding hydrogens is 262 g/mol. The minimum atomic E-state index is -0.0934. The maximum atomic E-state index is 9.02. The van der Waals surface area contributed by atoms with Crippen LogP contribution in [0.5, 0.6) is 5.75 Å². The maximum Gasteiger partial charge on any atom is 0.191 e. The molecule has 0 radical (unpaired) electrons. The molecule has 5 nitrogen and oxygen atoms in total. The van der Waals surface area contributed by atoms with E-state index < -0.39 is 0 Å². The molecule has 2 aromatic rings. The SMILES string of the molecule is Cc1cccc(OCCSc2nnc(CO)n2C)c1. The molecule has 0 aliphatic heterocycles. The molecular formula is C13H17N3O2S. The van der Waals surface area contributed by atoms with Crippen LogP contribution in [0.4, 0.5) is 0 Å². The van der Waals surface area contributed by atoms with Gasteiger partial charge in [-0.25, -0.2) is 0 Å². The van der Waals surface area contributed by atoms with Crippen molar-refractivity contribution in [1.29, 1.82) is 0 Å². The minimum absolute atomic E-state index is 0.0934. The Hall–Kier alpha value is -1.53. The zero-order chi connectivity index (χ0) is 13.7. The van der Waals surface area contributed by atoms with Crippen LogP contribution in [0.25, 0.3) is 0 Å². The largest absolute Gasteiger partial charge is 0.493 e. The molecule has 0 spiro atoms. The van der Waals surface area contributed by atoms with Crippen molar-refractivity contribution in [2.45, 2.75) is 18.7 Å². The summed E-state index contributed by atoms with van der Waals surface area (Å²) in [7, 11) is 1.84. The monoisotopic (exact) mass is 279 g/mol. The Kier molecular flexibility index (Phi) is 4.81. The third-order valence-electron chi connectivity index (χ3n) is 2.64. The van der Waals surface area contributed by atoms with Gasteiger partial charge in [0.2, 0.25) is 0 Å². The van der Waals surface area contributed by atoms with E-state index in [1.807, 2.05) is 38.2 Å². The predicted octanol–water partition coefficient (Wildman–Crippen LogP) is 1.79. The summed E-state index contributed by atoms with van der Waals surface area (Å²) < 4.78 is 7.44. The van der Waals surface area contributed by atoms with Gasteiger partial charge in [-0.15, -0.1) is 10.2 Å². The van der Waals surface area contributed by atoms with Crippen molar-refractivity contribution >= 4 is 11.8 Å². The van der Waals surface area contributed by atoms with Crippen LogP contribution in [-0.2, 0) is 13.7 Å². The lowest BCUT2D eigenvalue weighted by Gasteiger charge is -2.06. The molecule has 1 aromatic heterocycles. The first-order valence-corrected chi connectivity index (χ1v) is 7.00. The molecule has 0 aliphatic rings. The summed E-state index contributed by atoms with van der Waals surface area (Å²) in [5.74, 6) is 2.24. The van der Waals surface area contributed by atoms with Gasteiger partial charge in [-0.05, 0) is 24.6 Å². The van der Waals surface area contributed by atoms with Crippen LogP contribution in [0.3, 0.4) is 0 Å². The average Bonchev–Trinajstić information content (AvgIpc) is 2.76. The molecule has 0 saturated heterocycles. The molecule has 102 valence electrons. The number of aliphatic hydroxyl groups excluding tert-OH is 1. The Balaban J connectivity index is 1.79. The second-order valence-corrected chi connectivity index (χ2v) is 5.19. The summed E-state index contributed by atoms with van der Waals surface area (Å²) in [6.07, 6.45) is 0. The highest BCUT2D eigenvalue weighted by atomic mass is 32.2. The summed E-state index contributed by atoms with van der Waals surface area (Å²) in [6, 6.07) is 7.98. The van der Waals surface area contributed by atoms with Crippen molar-refractivity contribution in [3.8, 4) is 5.75 Å². The van der Waals surface area contributed by atoms with Gasteiger partial charge in [0.05, 0.1) is 6.61 Å². The topological polar surface area (TPSA) is 60.2 Å². The van der Waals surface area contributed by atoms with E-state index >= 15 is 0 Å². The van der Waals surface area contributed by atoms with Crippen molar-refractivity contribution in [3.63, 3.8) is 0 Å². The maximum absolute atomic E-state index is 9.02. The molecule has 19 heavy (non-hydrogen) atoms. The number of hydrogen-bond donors (Lipinski definition) is 1. The highest BCUT2D eigenvalue weighted by Crippen LogP contribution is 2.17. The van der Waals surface area contributed by atoms with Crippen molar-refractivity contribution in [1.82, 2.24) is 14.8 Å². The zero-order valence-corrected chi connectivity index (χ0v) is 11.9. The molecule has 0 atom stereocenters. The molecule has 0 aliphatic carbocycles. The van der Waals surface area contributed by atoms with Gasteiger partial charge in [0.25, 0.3) is 0 Å². The molecule has 2 rings (SSSR count). The van der Waals surface area contributed by atoms with E-state index in [0.29, 0.717) is 12.4 Å². The number of thioether (sulfide) groups is 1. The number of ether oxygens (including phenoxy) is 1. The van der Waals surface area contributed by atoms with E-state index in [4.69, 9.17) is 9.84 Å². The fourth-order valence-electron chi connectivity index (χ4n) is 1.61. The van der Waals surface area contributed by atoms with E-state index in [0.717, 1.165) is 16.7 Å². The molecule has 0 bridgehead atoms. The number of rotatable bonds is 6. The third kappa shape index (κ3) is 3.71. The van der Waals surface area contributed by atoms with Gasteiger partial charge in [0, 0.05) is 12.8 Å². The molecule has 0 amide bonds. The number of aliphatic hydroxyl groups is 1. The van der Waals surface area contributed by atoms with Crippen LogP contribution < -0.4 is 4.74 Å². The van der Waals surface area contributed by atoms with Crippen molar-refractivity contribution < 1.29 is 9.84 Å². The van der Waals surface area contributed by atoms with Crippen molar-refractivity contribution in [3.05, 3.63) is 35.7 Å². The Morgan fingerprint density at radius 2 is 2.21 bits per heavy atom. The minimum Gasteiger partial charge on any atom is -0.493 e. The summed E-state index contributed by atoms with van der Waals surface area (Å²) in [6.45, 7) is 2.55. The van der Waals surface area contributed by atoms with Crippen LogP contribution in [0.15, 0.2) is 29.4 Å². The predicted molar refractivity (Wildman–Crippen MR) is 74.3 cm³/mol. The van der Waals surface area contributed by atoms with E-state index in [1.54, 1.807) is 16.3 Å². The van der Waals surface area contributed by atoms with Gasteiger partial charge in [-0.3, -0.25) is 0 Å². The van der Waals surface area contributed by atoms with E-state index in [1.165, 1.54) is 5.56 Å². The highest BCUT2D eigenvalue weighted by Gasteiger charge is 2.07. The van der Waals surface area contributed by atoms with E-state index in [2.05, 4.69) is 10.2 Å². The number of benzene rings is 1. The molecule has 0 fully saturated rings. The third-order valence-corrected chi connectivity index (χ3v) is 3.62. The van der Waals surface area contributed by atoms with Gasteiger partial charge < -0.3 is 14.4 Å². The number of hydrogen-bond acceptors (Lipinski definition) is 5. The summed E-state index contributed by atoms with van der Waals surface area (Å²) in [5.41, 5.74) is 1.19. The average molecular weight is 279 g/mol. The Bertz CT molecular complexity index is 542. The fourth-order valence-corrected chi connectivity index (χ4v) is 2.35. The van der Waals surface area contributed by atoms with E-state index in [-0.39, 0.29) is 6.61 Å². The molecule has 1 aromatic carbocycles. The van der Waals surface area contributed by atoms with Gasteiger partial charge >= 0.3 is 0 Å². The summed E-state index contributed by atoms with van der Waals surface area (Å²) >= 11 is 1.56. The van der Waals surface area contributed by atoms with Crippen LogP contribution in [0.2, 0.25) is 0 Å². The first-order chi connectivity index (χ1) is 9.20. The van der Waals surface area contributed by atoms with Gasteiger partial charge in [-0.1, -0.05) is 23.9 Å². The lowest BCUT2D eigenvalue weighted by atomic mass is 10.2. The summed E-state index contributed by atoms with van der Waals surface area (Å²) in [5, 5.41) is 17.7. The first kappa shape index (κ1) is 13.9. The Morgan fingerprint density at radius 1 is 1.37 bits per heavy atom. The second kappa shape index (κ2) is 6.58. The van der Waals surface area contributed by atoms with E-state index in [9.17, 15) is 0 Å². The second-order valence-electron chi connectivity index (χ2n) is 4.13. The molecule has 6 heteroatoms. The lowest BCUT2D eigenvalue weighted by Crippen LogP contribution is -2.03. The molecule has 1 N–H and O–H groups in total. The fraction of sp³-hybridized carbons (Fsp3) is 0.385. The normalized spacial score (nSPS) is 10.7. The Labute approximate surface area is 116 Å². The van der Waals surface area contributed by atoms with Gasteiger partial charge in [0.15, 0.2) is 11.0 Å². The molecule has 0 unspecified atom stereocenters. The van der Waals surface area contributed by atoms with Crippen molar-refractivity contribution in [2.75, 3.05) is 12.4 Å². The van der Waals surface area contributed by atoms with Gasteiger partial charge in [0.1, 0.15) is 12.4 Å². The van der Waals surface area contributed by atoms with Crippen LogP contribution in [0, 0.1) is 6.92 Å². The first-order valence-electron chi connectivity index (χ1n) is 6.02. The number of aromatic nitrogens is 3. The zero-order valence-electron chi connectivity index (χ0n) is 11.0. The Morgan fingerprint density at radius 3 is 2.89 bits per heavy atom. The summed E-state index contributed by atoms with van der Waals surface area (Å²) in [4.78, 5) is 0. The van der Waals surface area contributed by atoms with Gasteiger partial charge in [-0.2, -0.15) is 0 Å². The van der Waals surface area contributed by atoms with Crippen LogP contribution in [0.1, 0.15) is 11.4 Å². The quantitative estimate of drug-likeness (QED) is 0.645. The highest BCUT2D eigenvalue weighted by molar-refractivity contribution is 7.99. The van der Waals surface area contributed by atoms with Crippen LogP contribution in [-0.4, -0.2) is 32.2 Å². The number of nitrogens with zero attached hydrogens (tertiary/aromatic N) is 3.